The quantitative estimate of drug-likeness (QED) is 0.763. The lowest BCUT2D eigenvalue weighted by molar-refractivity contribution is -0.136. The molecular formula is C18H21N7O3. The first kappa shape index (κ1) is 18.1. The molecule has 1 spiro atoms. The Bertz CT molecular complexity index is 896. The van der Waals surface area contributed by atoms with E-state index in [-0.39, 0.29) is 18.4 Å². The summed E-state index contributed by atoms with van der Waals surface area (Å²) >= 11 is 0. The topological polar surface area (TPSA) is 122 Å². The minimum atomic E-state index is -0.864. The fourth-order valence-corrected chi connectivity index (χ4v) is 3.91. The van der Waals surface area contributed by atoms with E-state index >= 15 is 0 Å². The van der Waals surface area contributed by atoms with Gasteiger partial charge in [-0.05, 0) is 30.9 Å². The van der Waals surface area contributed by atoms with Crippen molar-refractivity contribution in [1.82, 2.24) is 30.0 Å². The monoisotopic (exact) mass is 383 g/mol. The molecule has 0 radical (unpaired) electrons. The highest BCUT2D eigenvalue weighted by atomic mass is 16.2. The summed E-state index contributed by atoms with van der Waals surface area (Å²) < 4.78 is 1.49. The van der Waals surface area contributed by atoms with E-state index < -0.39 is 17.5 Å². The average Bonchev–Trinajstić information content (AvgIpc) is 3.29. The molecule has 10 heteroatoms. The molecule has 1 saturated heterocycles. The van der Waals surface area contributed by atoms with Gasteiger partial charge in [0.05, 0.1) is 11.9 Å². The molecule has 28 heavy (non-hydrogen) atoms. The number of rotatable bonds is 4. The zero-order valence-electron chi connectivity index (χ0n) is 15.5. The Kier molecular flexibility index (Phi) is 4.54. The van der Waals surface area contributed by atoms with Crippen LogP contribution in [0.15, 0.2) is 31.0 Å². The minimum Gasteiger partial charge on any atom is -0.323 e. The van der Waals surface area contributed by atoms with Crippen LogP contribution in [0.4, 0.5) is 10.5 Å². The molecule has 1 saturated carbocycles. The molecular weight excluding hydrogens is 362 g/mol. The second-order valence-electron chi connectivity index (χ2n) is 7.23. The van der Waals surface area contributed by atoms with Crippen LogP contribution < -0.4 is 10.6 Å². The van der Waals surface area contributed by atoms with Gasteiger partial charge in [0.15, 0.2) is 5.82 Å². The van der Waals surface area contributed by atoms with Gasteiger partial charge < -0.3 is 10.6 Å². The standard InChI is InChI=1S/C18H21N7O3/c1-12-4-2-3-7-18(12)16(27)24(17(28)23-18)9-15(26)22-13-5-6-14(20-8-13)25-11-19-10-21-25/h5-6,8,10-12H,2-4,7,9H2,1H3,(H,22,26)(H,23,28). The number of imide groups is 1. The fourth-order valence-electron chi connectivity index (χ4n) is 3.91. The Hall–Kier alpha value is -3.30. The van der Waals surface area contributed by atoms with Gasteiger partial charge in [-0.2, -0.15) is 5.10 Å². The maximum Gasteiger partial charge on any atom is 0.325 e. The van der Waals surface area contributed by atoms with Crippen molar-refractivity contribution < 1.29 is 14.4 Å². The van der Waals surface area contributed by atoms with Crippen molar-refractivity contribution in [3.8, 4) is 5.82 Å². The summed E-state index contributed by atoms with van der Waals surface area (Å²) in [6.07, 6.45) is 7.83. The Balaban J connectivity index is 1.41. The maximum absolute atomic E-state index is 12.9. The molecule has 4 rings (SSSR count). The molecule has 146 valence electrons. The fraction of sp³-hybridized carbons (Fsp3) is 0.444. The molecule has 2 aliphatic rings. The van der Waals surface area contributed by atoms with Crippen LogP contribution in [0.5, 0.6) is 0 Å². The zero-order valence-corrected chi connectivity index (χ0v) is 15.5. The third-order valence-corrected chi connectivity index (χ3v) is 5.49. The molecule has 2 N–H and O–H groups in total. The highest BCUT2D eigenvalue weighted by Gasteiger charge is 2.55. The number of pyridine rings is 1. The lowest BCUT2D eigenvalue weighted by atomic mass is 9.73. The largest absolute Gasteiger partial charge is 0.325 e. The summed E-state index contributed by atoms with van der Waals surface area (Å²) in [5.74, 6) is -0.157. The van der Waals surface area contributed by atoms with Gasteiger partial charge in [-0.3, -0.25) is 14.5 Å². The molecule has 2 aromatic rings. The van der Waals surface area contributed by atoms with E-state index in [0.29, 0.717) is 17.9 Å². The number of carbonyl (C=O) groups excluding carboxylic acids is 3. The van der Waals surface area contributed by atoms with Crippen LogP contribution >= 0.6 is 0 Å². The Morgan fingerprint density at radius 3 is 2.89 bits per heavy atom. The Morgan fingerprint density at radius 2 is 2.21 bits per heavy atom. The van der Waals surface area contributed by atoms with Crippen molar-refractivity contribution >= 4 is 23.5 Å². The summed E-state index contributed by atoms with van der Waals surface area (Å²) in [5, 5.41) is 9.48. The van der Waals surface area contributed by atoms with Crippen LogP contribution in [0.1, 0.15) is 32.6 Å². The van der Waals surface area contributed by atoms with E-state index in [1.54, 1.807) is 12.1 Å². The van der Waals surface area contributed by atoms with Crippen molar-refractivity contribution in [3.63, 3.8) is 0 Å². The number of aromatic nitrogens is 4. The zero-order chi connectivity index (χ0) is 19.7. The number of nitrogens with zero attached hydrogens (tertiary/aromatic N) is 5. The third-order valence-electron chi connectivity index (χ3n) is 5.49. The Morgan fingerprint density at radius 1 is 1.36 bits per heavy atom. The molecule has 0 aromatic carbocycles. The van der Waals surface area contributed by atoms with E-state index in [0.717, 1.165) is 24.2 Å². The summed E-state index contributed by atoms with van der Waals surface area (Å²) in [7, 11) is 0. The number of hydrogen-bond donors (Lipinski definition) is 2. The number of urea groups is 1. The summed E-state index contributed by atoms with van der Waals surface area (Å²) in [6.45, 7) is 1.65. The van der Waals surface area contributed by atoms with Gasteiger partial charge in [-0.15, -0.1) is 0 Å². The van der Waals surface area contributed by atoms with Crippen LogP contribution in [0.3, 0.4) is 0 Å². The van der Waals surface area contributed by atoms with Gasteiger partial charge in [0, 0.05) is 0 Å². The van der Waals surface area contributed by atoms with Gasteiger partial charge in [-0.1, -0.05) is 19.8 Å². The predicted octanol–water partition coefficient (Wildman–Crippen LogP) is 1.10. The summed E-state index contributed by atoms with van der Waals surface area (Å²) in [4.78, 5) is 46.7. The molecule has 0 bridgehead atoms. The van der Waals surface area contributed by atoms with E-state index in [1.807, 2.05) is 6.92 Å². The first-order chi connectivity index (χ1) is 13.5. The number of anilines is 1. The van der Waals surface area contributed by atoms with Gasteiger partial charge in [0.2, 0.25) is 5.91 Å². The van der Waals surface area contributed by atoms with Crippen LogP contribution in [0, 0.1) is 5.92 Å². The number of hydrogen-bond acceptors (Lipinski definition) is 6. The molecule has 2 unspecified atom stereocenters. The van der Waals surface area contributed by atoms with Crippen LogP contribution in [-0.4, -0.2) is 54.6 Å². The third kappa shape index (κ3) is 3.10. The normalized spacial score (nSPS) is 24.5. The summed E-state index contributed by atoms with van der Waals surface area (Å²) in [5.41, 5.74) is -0.405. The van der Waals surface area contributed by atoms with Crippen LogP contribution in [0.2, 0.25) is 0 Å². The second kappa shape index (κ2) is 7.02. The SMILES string of the molecule is CC1CCCCC12NC(=O)N(CC(=O)Nc1ccc(-n3cncn3)nc1)C2=O. The highest BCUT2D eigenvalue weighted by molar-refractivity contribution is 6.10. The molecule has 2 fully saturated rings. The van der Waals surface area contributed by atoms with Crippen molar-refractivity contribution in [2.24, 2.45) is 5.92 Å². The molecule has 3 heterocycles. The first-order valence-electron chi connectivity index (χ1n) is 9.24. The molecule has 1 aliphatic heterocycles. The van der Waals surface area contributed by atoms with Gasteiger partial charge in [0.1, 0.15) is 24.7 Å². The van der Waals surface area contributed by atoms with Crippen LogP contribution in [-0.2, 0) is 9.59 Å². The van der Waals surface area contributed by atoms with E-state index in [4.69, 9.17) is 0 Å². The lowest BCUT2D eigenvalue weighted by Crippen LogP contribution is -2.54. The van der Waals surface area contributed by atoms with Crippen LogP contribution in [0.25, 0.3) is 5.82 Å². The van der Waals surface area contributed by atoms with Gasteiger partial charge >= 0.3 is 6.03 Å². The van der Waals surface area contributed by atoms with Gasteiger partial charge in [-0.25, -0.2) is 19.4 Å². The molecule has 2 atom stereocenters. The second-order valence-corrected chi connectivity index (χ2v) is 7.23. The maximum atomic E-state index is 12.9. The number of nitrogens with one attached hydrogen (secondary N) is 2. The minimum absolute atomic E-state index is 0.0549. The van der Waals surface area contributed by atoms with Crippen molar-refractivity contribution in [2.75, 3.05) is 11.9 Å². The molecule has 1 aliphatic carbocycles. The average molecular weight is 383 g/mol. The van der Waals surface area contributed by atoms with Crippen molar-refractivity contribution in [1.29, 1.82) is 0 Å². The van der Waals surface area contributed by atoms with E-state index in [9.17, 15) is 14.4 Å². The summed E-state index contributed by atoms with van der Waals surface area (Å²) in [6, 6.07) is 2.84. The first-order valence-corrected chi connectivity index (χ1v) is 9.24. The molecule has 10 nitrogen and oxygen atoms in total. The predicted molar refractivity (Wildman–Crippen MR) is 98.4 cm³/mol. The molecule has 4 amide bonds. The lowest BCUT2D eigenvalue weighted by Gasteiger charge is -2.36. The van der Waals surface area contributed by atoms with Crippen molar-refractivity contribution in [3.05, 3.63) is 31.0 Å². The number of carbonyl (C=O) groups is 3. The van der Waals surface area contributed by atoms with Crippen molar-refractivity contribution in [2.45, 2.75) is 38.1 Å². The molecule has 2 aromatic heterocycles. The highest BCUT2D eigenvalue weighted by Crippen LogP contribution is 2.38. The number of amides is 4. The van der Waals surface area contributed by atoms with E-state index in [1.165, 1.54) is 23.5 Å². The smallest absolute Gasteiger partial charge is 0.323 e. The van der Waals surface area contributed by atoms with Gasteiger partial charge in [0.25, 0.3) is 5.91 Å². The Labute approximate surface area is 161 Å². The van der Waals surface area contributed by atoms with E-state index in [2.05, 4.69) is 25.7 Å².